The van der Waals surface area contributed by atoms with Gasteiger partial charge in [-0.15, -0.1) is 10.2 Å². The number of rotatable bonds is 3. The van der Waals surface area contributed by atoms with Crippen LogP contribution in [-0.2, 0) is 0 Å². The summed E-state index contributed by atoms with van der Waals surface area (Å²) in [6.07, 6.45) is 0. The van der Waals surface area contributed by atoms with Gasteiger partial charge in [-0.1, -0.05) is 46.9 Å². The van der Waals surface area contributed by atoms with Crippen molar-refractivity contribution in [1.29, 1.82) is 0 Å². The average Bonchev–Trinajstić information content (AvgIpc) is 3.24. The molecule has 0 amide bonds. The van der Waals surface area contributed by atoms with Crippen LogP contribution in [0.2, 0.25) is 15.1 Å². The molecule has 4 rings (SSSR count). The summed E-state index contributed by atoms with van der Waals surface area (Å²) in [5.74, 6) is 0.404. The molecule has 6 nitrogen and oxygen atoms in total. The molecule has 0 atom stereocenters. The number of hydrogen-bond donors (Lipinski definition) is 1. The molecule has 130 valence electrons. The Morgan fingerprint density at radius 2 is 1.69 bits per heavy atom. The molecule has 0 saturated heterocycles. The minimum atomic E-state index is 0.404. The minimum absolute atomic E-state index is 0.404. The number of aromatic amines is 1. The van der Waals surface area contributed by atoms with Gasteiger partial charge >= 0.3 is 0 Å². The summed E-state index contributed by atoms with van der Waals surface area (Å²) < 4.78 is 1.75. The van der Waals surface area contributed by atoms with Gasteiger partial charge in [-0.05, 0) is 42.5 Å². The van der Waals surface area contributed by atoms with Crippen LogP contribution in [-0.4, -0.2) is 30.4 Å². The maximum Gasteiger partial charge on any atom is 0.225 e. The van der Waals surface area contributed by atoms with Crippen molar-refractivity contribution < 1.29 is 0 Å². The van der Waals surface area contributed by atoms with Crippen molar-refractivity contribution in [1.82, 2.24) is 30.4 Å². The number of tetrazole rings is 1. The second-order valence-corrected chi connectivity index (χ2v) is 6.85. The first-order valence-electron chi connectivity index (χ1n) is 7.59. The third-order valence-electron chi connectivity index (χ3n) is 3.93. The van der Waals surface area contributed by atoms with Crippen LogP contribution in [0.4, 0.5) is 0 Å². The van der Waals surface area contributed by atoms with Gasteiger partial charge in [-0.2, -0.15) is 10.3 Å². The number of halogens is 3. The summed E-state index contributed by atoms with van der Waals surface area (Å²) >= 11 is 18.5. The predicted octanol–water partition coefficient (Wildman–Crippen LogP) is 4.99. The van der Waals surface area contributed by atoms with Gasteiger partial charge < -0.3 is 0 Å². The normalized spacial score (nSPS) is 11.1. The molecule has 0 bridgehead atoms. The molecule has 0 saturated carbocycles. The zero-order valence-electron chi connectivity index (χ0n) is 13.4. The molecular weight excluding hydrogens is 395 g/mol. The summed E-state index contributed by atoms with van der Waals surface area (Å²) in [4.78, 5) is 0. The molecule has 26 heavy (non-hydrogen) atoms. The second kappa shape index (κ2) is 6.72. The van der Waals surface area contributed by atoms with E-state index in [0.717, 1.165) is 16.8 Å². The van der Waals surface area contributed by atoms with E-state index >= 15 is 0 Å². The van der Waals surface area contributed by atoms with E-state index in [9.17, 15) is 0 Å². The van der Waals surface area contributed by atoms with Crippen molar-refractivity contribution in [2.75, 3.05) is 0 Å². The Balaban J connectivity index is 2.00. The van der Waals surface area contributed by atoms with E-state index in [0.29, 0.717) is 32.3 Å². The van der Waals surface area contributed by atoms with Crippen molar-refractivity contribution in [2.45, 2.75) is 6.92 Å². The van der Waals surface area contributed by atoms with Crippen LogP contribution in [0.25, 0.3) is 28.5 Å². The second-order valence-electron chi connectivity index (χ2n) is 5.57. The molecule has 4 aromatic rings. The highest BCUT2D eigenvalue weighted by Gasteiger charge is 2.22. The lowest BCUT2D eigenvalue weighted by molar-refractivity contribution is 0.881. The van der Waals surface area contributed by atoms with E-state index in [4.69, 9.17) is 34.8 Å². The number of hydrogen-bond acceptors (Lipinski definition) is 4. The zero-order valence-corrected chi connectivity index (χ0v) is 15.7. The lowest BCUT2D eigenvalue weighted by atomic mass is 10.1. The molecule has 1 N–H and O–H groups in total. The Labute approximate surface area is 163 Å². The van der Waals surface area contributed by atoms with Crippen molar-refractivity contribution in [3.63, 3.8) is 0 Å². The molecule has 0 aliphatic carbocycles. The molecular formula is C17H11Cl3N6. The number of nitrogens with zero attached hydrogens (tertiary/aromatic N) is 5. The third-order valence-corrected chi connectivity index (χ3v) is 4.72. The summed E-state index contributed by atoms with van der Waals surface area (Å²) in [6, 6.07) is 12.8. The third kappa shape index (κ3) is 2.96. The van der Waals surface area contributed by atoms with Gasteiger partial charge in [0, 0.05) is 21.2 Å². The Morgan fingerprint density at radius 3 is 2.35 bits per heavy atom. The van der Waals surface area contributed by atoms with Crippen molar-refractivity contribution in [2.24, 2.45) is 0 Å². The van der Waals surface area contributed by atoms with E-state index in [1.54, 1.807) is 16.8 Å². The Kier molecular flexibility index (Phi) is 4.40. The standard InChI is InChI=1S/C17H11Cl3N6/c1-9-15(17-21-24-25-22-17)23-26(14-7-6-12(19)8-13(14)20)16(9)10-2-4-11(18)5-3-10/h2-8H,1H3,(H,21,22,24,25). The van der Waals surface area contributed by atoms with Crippen molar-refractivity contribution in [3.8, 4) is 28.5 Å². The van der Waals surface area contributed by atoms with E-state index in [1.165, 1.54) is 0 Å². The highest BCUT2D eigenvalue weighted by atomic mass is 35.5. The quantitative estimate of drug-likeness (QED) is 0.521. The first-order chi connectivity index (χ1) is 12.5. The van der Waals surface area contributed by atoms with Crippen LogP contribution in [0, 0.1) is 6.92 Å². The lowest BCUT2D eigenvalue weighted by Crippen LogP contribution is -2.00. The lowest BCUT2D eigenvalue weighted by Gasteiger charge is -2.11. The molecule has 0 fully saturated rings. The zero-order chi connectivity index (χ0) is 18.3. The fraction of sp³-hybridized carbons (Fsp3) is 0.0588. The number of benzene rings is 2. The molecule has 2 aromatic carbocycles. The topological polar surface area (TPSA) is 72.3 Å². The molecule has 9 heteroatoms. The number of nitrogens with one attached hydrogen (secondary N) is 1. The minimum Gasteiger partial charge on any atom is -0.231 e. The van der Waals surface area contributed by atoms with E-state index in [-0.39, 0.29) is 0 Å². The van der Waals surface area contributed by atoms with Crippen molar-refractivity contribution >= 4 is 34.8 Å². The predicted molar refractivity (Wildman–Crippen MR) is 102 cm³/mol. The molecule has 0 unspecified atom stereocenters. The van der Waals surface area contributed by atoms with Crippen LogP contribution in [0.1, 0.15) is 5.56 Å². The summed E-state index contributed by atoms with van der Waals surface area (Å²) in [5, 5.41) is 20.5. The van der Waals surface area contributed by atoms with Crippen LogP contribution >= 0.6 is 34.8 Å². The Hall–Kier alpha value is -2.41. The van der Waals surface area contributed by atoms with Crippen LogP contribution in [0.15, 0.2) is 42.5 Å². The van der Waals surface area contributed by atoms with Crippen LogP contribution < -0.4 is 0 Å². The largest absolute Gasteiger partial charge is 0.231 e. The maximum absolute atomic E-state index is 6.42. The van der Waals surface area contributed by atoms with E-state index < -0.39 is 0 Å². The van der Waals surface area contributed by atoms with Gasteiger partial charge in [0.15, 0.2) is 0 Å². The smallest absolute Gasteiger partial charge is 0.225 e. The Bertz CT molecular complexity index is 1070. The van der Waals surface area contributed by atoms with Crippen LogP contribution in [0.3, 0.4) is 0 Å². The number of H-pyrrole nitrogens is 1. The van der Waals surface area contributed by atoms with Crippen molar-refractivity contribution in [3.05, 3.63) is 63.1 Å². The summed E-state index contributed by atoms with van der Waals surface area (Å²) in [6.45, 7) is 1.95. The van der Waals surface area contributed by atoms with Gasteiger partial charge in [-0.25, -0.2) is 4.68 Å². The van der Waals surface area contributed by atoms with E-state index in [1.807, 2.05) is 37.3 Å². The first kappa shape index (κ1) is 17.0. The summed E-state index contributed by atoms with van der Waals surface area (Å²) in [5.41, 5.74) is 3.97. The molecule has 0 spiro atoms. The Morgan fingerprint density at radius 1 is 0.962 bits per heavy atom. The fourth-order valence-electron chi connectivity index (χ4n) is 2.74. The summed E-state index contributed by atoms with van der Waals surface area (Å²) in [7, 11) is 0. The number of aromatic nitrogens is 6. The molecule has 2 heterocycles. The SMILES string of the molecule is Cc1c(-c2nn[nH]n2)nn(-c2ccc(Cl)cc2Cl)c1-c1ccc(Cl)cc1. The van der Waals surface area contributed by atoms with Crippen LogP contribution in [0.5, 0.6) is 0 Å². The van der Waals surface area contributed by atoms with Gasteiger partial charge in [0.1, 0.15) is 5.69 Å². The molecule has 0 radical (unpaired) electrons. The monoisotopic (exact) mass is 404 g/mol. The average molecular weight is 406 g/mol. The highest BCUT2D eigenvalue weighted by molar-refractivity contribution is 6.35. The highest BCUT2D eigenvalue weighted by Crippen LogP contribution is 2.35. The first-order valence-corrected chi connectivity index (χ1v) is 8.73. The van der Waals surface area contributed by atoms with E-state index in [2.05, 4.69) is 25.7 Å². The van der Waals surface area contributed by atoms with Gasteiger partial charge in [0.2, 0.25) is 5.82 Å². The van der Waals surface area contributed by atoms with Gasteiger partial charge in [-0.3, -0.25) is 0 Å². The van der Waals surface area contributed by atoms with Gasteiger partial charge in [0.05, 0.1) is 16.4 Å². The van der Waals surface area contributed by atoms with Gasteiger partial charge in [0.25, 0.3) is 0 Å². The molecule has 0 aliphatic heterocycles. The fourth-order valence-corrected chi connectivity index (χ4v) is 3.36. The molecule has 0 aliphatic rings. The maximum atomic E-state index is 6.42. The molecule has 2 aromatic heterocycles.